The molecule has 0 radical (unpaired) electrons. The fraction of sp³-hybridized carbons (Fsp3) is 1.00. The molecule has 0 saturated carbocycles. The van der Waals surface area contributed by atoms with Crippen LogP contribution >= 0.6 is 0 Å². The molecule has 0 bridgehead atoms. The van der Waals surface area contributed by atoms with E-state index in [0.717, 1.165) is 32.6 Å². The van der Waals surface area contributed by atoms with Crippen molar-refractivity contribution in [1.29, 1.82) is 0 Å². The first-order valence-corrected chi connectivity index (χ1v) is 7.88. The van der Waals surface area contributed by atoms with Crippen molar-refractivity contribution in [3.05, 3.63) is 0 Å². The predicted molar refractivity (Wildman–Crippen MR) is 79.7 cm³/mol. The van der Waals surface area contributed by atoms with Crippen LogP contribution in [0.2, 0.25) is 0 Å². The summed E-state index contributed by atoms with van der Waals surface area (Å²) in [6.45, 7) is 7.10. The van der Waals surface area contributed by atoms with Crippen molar-refractivity contribution < 1.29 is 4.74 Å². The van der Waals surface area contributed by atoms with Gasteiger partial charge in [0, 0.05) is 13.2 Å². The summed E-state index contributed by atoms with van der Waals surface area (Å²) in [6.07, 6.45) is 11.6. The van der Waals surface area contributed by atoms with Gasteiger partial charge in [-0.1, -0.05) is 52.4 Å². The first-order chi connectivity index (χ1) is 8.81. The Balaban J connectivity index is 2.94. The molecule has 0 aromatic rings. The Kier molecular flexibility index (Phi) is 14.8. The van der Waals surface area contributed by atoms with Crippen molar-refractivity contribution >= 4 is 0 Å². The molecule has 0 saturated heterocycles. The molecule has 3 nitrogen and oxygen atoms in total. The van der Waals surface area contributed by atoms with Crippen LogP contribution in [0.15, 0.2) is 0 Å². The predicted octanol–water partition coefficient (Wildman–Crippen LogP) is 3.43. The molecule has 110 valence electrons. The van der Waals surface area contributed by atoms with Crippen LogP contribution in [0, 0.1) is 0 Å². The van der Waals surface area contributed by atoms with Gasteiger partial charge in [0.25, 0.3) is 0 Å². The van der Waals surface area contributed by atoms with Gasteiger partial charge in [-0.05, 0) is 25.8 Å². The highest BCUT2D eigenvalue weighted by Gasteiger charge is 1.96. The Hall–Kier alpha value is -0.120. The summed E-state index contributed by atoms with van der Waals surface area (Å²) in [5.74, 6) is 0. The van der Waals surface area contributed by atoms with E-state index >= 15 is 0 Å². The van der Waals surface area contributed by atoms with Gasteiger partial charge in [0.2, 0.25) is 0 Å². The summed E-state index contributed by atoms with van der Waals surface area (Å²) >= 11 is 0. The summed E-state index contributed by atoms with van der Waals surface area (Å²) in [5.41, 5.74) is 5.75. The van der Waals surface area contributed by atoms with Crippen LogP contribution in [-0.4, -0.2) is 25.9 Å². The van der Waals surface area contributed by atoms with Crippen molar-refractivity contribution in [3.8, 4) is 0 Å². The average molecular weight is 258 g/mol. The van der Waals surface area contributed by atoms with Gasteiger partial charge in [-0.25, -0.2) is 0 Å². The standard InChI is InChI=1S/C15H34N2O/c1-3-5-6-7-8-9-10-13-18-14-11-12-17-15(16)4-2/h15,17H,3-14,16H2,1-2H3. The Labute approximate surface area is 114 Å². The third-order valence-electron chi connectivity index (χ3n) is 3.20. The summed E-state index contributed by atoms with van der Waals surface area (Å²) < 4.78 is 5.60. The Bertz CT molecular complexity index is 153. The minimum absolute atomic E-state index is 0.146. The molecule has 0 heterocycles. The number of nitrogens with two attached hydrogens (primary N) is 1. The lowest BCUT2D eigenvalue weighted by Crippen LogP contribution is -2.37. The molecule has 3 N–H and O–H groups in total. The molecule has 0 amide bonds. The lowest BCUT2D eigenvalue weighted by molar-refractivity contribution is 0.127. The van der Waals surface area contributed by atoms with E-state index < -0.39 is 0 Å². The van der Waals surface area contributed by atoms with Gasteiger partial charge in [-0.15, -0.1) is 0 Å². The van der Waals surface area contributed by atoms with Gasteiger partial charge in [-0.2, -0.15) is 0 Å². The van der Waals surface area contributed by atoms with E-state index in [1.54, 1.807) is 0 Å². The highest BCUT2D eigenvalue weighted by atomic mass is 16.5. The molecule has 0 spiro atoms. The Morgan fingerprint density at radius 1 is 0.889 bits per heavy atom. The van der Waals surface area contributed by atoms with Crippen LogP contribution in [0.1, 0.15) is 71.6 Å². The summed E-state index contributed by atoms with van der Waals surface area (Å²) in [6, 6.07) is 0. The smallest absolute Gasteiger partial charge is 0.0543 e. The van der Waals surface area contributed by atoms with Gasteiger partial charge in [-0.3, -0.25) is 0 Å². The van der Waals surface area contributed by atoms with Gasteiger partial charge in [0.05, 0.1) is 6.17 Å². The fourth-order valence-corrected chi connectivity index (χ4v) is 1.87. The highest BCUT2D eigenvalue weighted by Crippen LogP contribution is 2.06. The van der Waals surface area contributed by atoms with Crippen molar-refractivity contribution in [3.63, 3.8) is 0 Å². The molecule has 0 aromatic heterocycles. The first-order valence-electron chi connectivity index (χ1n) is 7.88. The number of hydrogen-bond acceptors (Lipinski definition) is 3. The van der Waals surface area contributed by atoms with Crippen molar-refractivity contribution in [1.82, 2.24) is 5.32 Å². The van der Waals surface area contributed by atoms with Gasteiger partial charge in [0.15, 0.2) is 0 Å². The van der Waals surface area contributed by atoms with Crippen LogP contribution < -0.4 is 11.1 Å². The molecule has 0 aliphatic heterocycles. The maximum absolute atomic E-state index is 5.75. The van der Waals surface area contributed by atoms with E-state index in [2.05, 4.69) is 19.2 Å². The summed E-state index contributed by atoms with van der Waals surface area (Å²) in [4.78, 5) is 0. The molecule has 0 fully saturated rings. The molecule has 0 rings (SSSR count). The number of nitrogens with one attached hydrogen (secondary N) is 1. The molecule has 1 unspecified atom stereocenters. The zero-order valence-corrected chi connectivity index (χ0v) is 12.5. The Morgan fingerprint density at radius 3 is 2.17 bits per heavy atom. The van der Waals surface area contributed by atoms with Crippen molar-refractivity contribution in [2.75, 3.05) is 19.8 Å². The third-order valence-corrected chi connectivity index (χ3v) is 3.20. The second-order valence-electron chi connectivity index (χ2n) is 5.06. The molecule has 0 aliphatic carbocycles. The van der Waals surface area contributed by atoms with E-state index in [4.69, 9.17) is 10.5 Å². The number of unbranched alkanes of at least 4 members (excludes halogenated alkanes) is 6. The topological polar surface area (TPSA) is 47.3 Å². The van der Waals surface area contributed by atoms with Gasteiger partial charge < -0.3 is 15.8 Å². The minimum Gasteiger partial charge on any atom is -0.381 e. The maximum Gasteiger partial charge on any atom is 0.0543 e. The van der Waals surface area contributed by atoms with Gasteiger partial charge >= 0.3 is 0 Å². The lowest BCUT2D eigenvalue weighted by Gasteiger charge is -2.11. The summed E-state index contributed by atoms with van der Waals surface area (Å²) in [5, 5.41) is 3.26. The second-order valence-corrected chi connectivity index (χ2v) is 5.06. The first kappa shape index (κ1) is 17.9. The highest BCUT2D eigenvalue weighted by molar-refractivity contribution is 4.55. The van der Waals surface area contributed by atoms with Crippen LogP contribution in [0.25, 0.3) is 0 Å². The van der Waals surface area contributed by atoms with E-state index in [9.17, 15) is 0 Å². The number of ether oxygens (including phenoxy) is 1. The molecule has 0 aliphatic rings. The quantitative estimate of drug-likeness (QED) is 0.371. The van der Waals surface area contributed by atoms with E-state index in [-0.39, 0.29) is 6.17 Å². The van der Waals surface area contributed by atoms with E-state index in [1.807, 2.05) is 0 Å². The zero-order chi connectivity index (χ0) is 13.5. The van der Waals surface area contributed by atoms with Crippen LogP contribution in [-0.2, 0) is 4.74 Å². The molecular weight excluding hydrogens is 224 g/mol. The minimum atomic E-state index is 0.146. The summed E-state index contributed by atoms with van der Waals surface area (Å²) in [7, 11) is 0. The second kappa shape index (κ2) is 14.9. The average Bonchev–Trinajstić information content (AvgIpc) is 2.39. The van der Waals surface area contributed by atoms with E-state index in [0.29, 0.717) is 0 Å². The van der Waals surface area contributed by atoms with Crippen molar-refractivity contribution in [2.24, 2.45) is 5.73 Å². The fourth-order valence-electron chi connectivity index (χ4n) is 1.87. The lowest BCUT2D eigenvalue weighted by atomic mass is 10.1. The van der Waals surface area contributed by atoms with Crippen molar-refractivity contribution in [2.45, 2.75) is 77.8 Å². The molecule has 0 aromatic carbocycles. The van der Waals surface area contributed by atoms with Crippen LogP contribution in [0.3, 0.4) is 0 Å². The maximum atomic E-state index is 5.75. The normalized spacial score (nSPS) is 12.8. The zero-order valence-electron chi connectivity index (χ0n) is 12.5. The largest absolute Gasteiger partial charge is 0.381 e. The number of rotatable bonds is 14. The number of hydrogen-bond donors (Lipinski definition) is 2. The molecule has 1 atom stereocenters. The molecule has 3 heteroatoms. The Morgan fingerprint density at radius 2 is 1.50 bits per heavy atom. The SMILES string of the molecule is CCCCCCCCCOCCCNC(N)CC. The molecular formula is C15H34N2O. The van der Waals surface area contributed by atoms with E-state index in [1.165, 1.54) is 44.9 Å². The van der Waals surface area contributed by atoms with Gasteiger partial charge in [0.1, 0.15) is 0 Å². The monoisotopic (exact) mass is 258 g/mol. The van der Waals surface area contributed by atoms with Crippen LogP contribution in [0.5, 0.6) is 0 Å². The third kappa shape index (κ3) is 13.9. The molecule has 18 heavy (non-hydrogen) atoms. The van der Waals surface area contributed by atoms with Crippen LogP contribution in [0.4, 0.5) is 0 Å².